The van der Waals surface area contributed by atoms with Gasteiger partial charge in [-0.2, -0.15) is 0 Å². The van der Waals surface area contributed by atoms with Crippen molar-refractivity contribution in [1.82, 2.24) is 15.3 Å². The summed E-state index contributed by atoms with van der Waals surface area (Å²) in [5, 5.41) is 4.94. The summed E-state index contributed by atoms with van der Waals surface area (Å²) in [6.45, 7) is 1.23. The number of carbonyl (C=O) groups is 1. The van der Waals surface area contributed by atoms with Crippen molar-refractivity contribution in [2.45, 2.75) is 18.9 Å². The lowest BCUT2D eigenvalue weighted by molar-refractivity contribution is 0.0854. The summed E-state index contributed by atoms with van der Waals surface area (Å²) in [5.41, 5.74) is 3.55. The molecule has 5 rings (SSSR count). The minimum atomic E-state index is -0.226. The molecule has 0 aliphatic carbocycles. The molecular weight excluding hydrogens is 406 g/mol. The lowest BCUT2D eigenvalue weighted by Gasteiger charge is -2.14. The lowest BCUT2D eigenvalue weighted by Crippen LogP contribution is -2.32. The number of fused-ring (bicyclic) bond motifs is 3. The zero-order valence-corrected chi connectivity index (χ0v) is 18.1. The van der Waals surface area contributed by atoms with Gasteiger partial charge in [-0.3, -0.25) is 4.79 Å². The zero-order valence-electron chi connectivity index (χ0n) is 18.1. The van der Waals surface area contributed by atoms with Crippen LogP contribution in [0.15, 0.2) is 48.5 Å². The molecule has 2 N–H and O–H groups in total. The number of nitrogens with one attached hydrogen (secondary N) is 2. The molecule has 4 aromatic rings. The topological polar surface area (TPSA) is 85.5 Å². The SMILES string of the molecule is COc1cccc(-c2nc(C(=O)NCC3CCCO3)cc3c2[nH]c2ccccc23)c1OC. The smallest absolute Gasteiger partial charge is 0.270 e. The van der Waals surface area contributed by atoms with E-state index in [1.807, 2.05) is 48.5 Å². The molecule has 1 aliphatic rings. The number of para-hydroxylation sites is 2. The maximum absolute atomic E-state index is 13.1. The van der Waals surface area contributed by atoms with Crippen LogP contribution in [0.1, 0.15) is 23.3 Å². The molecule has 164 valence electrons. The number of aromatic nitrogens is 2. The third-order valence-corrected chi connectivity index (χ3v) is 5.90. The minimum absolute atomic E-state index is 0.0636. The number of pyridine rings is 1. The van der Waals surface area contributed by atoms with Gasteiger partial charge in [-0.05, 0) is 37.1 Å². The van der Waals surface area contributed by atoms with Crippen LogP contribution in [0, 0.1) is 0 Å². The number of rotatable bonds is 6. The van der Waals surface area contributed by atoms with Crippen LogP contribution in [0.2, 0.25) is 0 Å². The molecule has 1 aliphatic heterocycles. The van der Waals surface area contributed by atoms with Gasteiger partial charge in [-0.1, -0.05) is 24.3 Å². The number of hydrogen-bond acceptors (Lipinski definition) is 5. The highest BCUT2D eigenvalue weighted by Gasteiger charge is 2.22. The van der Waals surface area contributed by atoms with Gasteiger partial charge in [-0.15, -0.1) is 0 Å². The Balaban J connectivity index is 1.67. The molecule has 1 unspecified atom stereocenters. The Bertz CT molecular complexity index is 1290. The molecule has 3 heterocycles. The highest BCUT2D eigenvalue weighted by atomic mass is 16.5. The minimum Gasteiger partial charge on any atom is -0.493 e. The summed E-state index contributed by atoms with van der Waals surface area (Å²) < 4.78 is 16.8. The monoisotopic (exact) mass is 431 g/mol. The standard InChI is InChI=1S/C25H25N3O4/c1-30-21-11-5-9-17(24(21)31-2)22-23-18(16-8-3-4-10-19(16)27-23)13-20(28-22)25(29)26-14-15-7-6-12-32-15/h3-5,8-11,13,15,27H,6-7,12,14H2,1-2H3,(H,26,29). The lowest BCUT2D eigenvalue weighted by atomic mass is 10.0. The van der Waals surface area contributed by atoms with E-state index in [1.165, 1.54) is 0 Å². The molecule has 2 aromatic carbocycles. The van der Waals surface area contributed by atoms with Crippen LogP contribution < -0.4 is 14.8 Å². The Hall–Kier alpha value is -3.58. The van der Waals surface area contributed by atoms with E-state index in [1.54, 1.807) is 14.2 Å². The maximum Gasteiger partial charge on any atom is 0.270 e. The van der Waals surface area contributed by atoms with Crippen LogP contribution in [0.5, 0.6) is 11.5 Å². The maximum atomic E-state index is 13.1. The summed E-state index contributed by atoms with van der Waals surface area (Å²) in [5.74, 6) is 0.944. The quantitative estimate of drug-likeness (QED) is 0.475. The predicted molar refractivity (Wildman–Crippen MR) is 123 cm³/mol. The fraction of sp³-hybridized carbons (Fsp3) is 0.280. The Morgan fingerprint density at radius 3 is 2.81 bits per heavy atom. The normalized spacial score (nSPS) is 15.9. The number of nitrogens with zero attached hydrogens (tertiary/aromatic N) is 1. The van der Waals surface area contributed by atoms with Crippen molar-refractivity contribution in [2.75, 3.05) is 27.4 Å². The molecule has 0 bridgehead atoms. The van der Waals surface area contributed by atoms with Gasteiger partial charge in [0.1, 0.15) is 5.69 Å². The van der Waals surface area contributed by atoms with Gasteiger partial charge in [0.25, 0.3) is 5.91 Å². The van der Waals surface area contributed by atoms with Crippen molar-refractivity contribution >= 4 is 27.7 Å². The molecule has 0 spiro atoms. The first-order chi connectivity index (χ1) is 15.7. The molecule has 32 heavy (non-hydrogen) atoms. The Morgan fingerprint density at radius 2 is 2.03 bits per heavy atom. The number of carbonyl (C=O) groups excluding carboxylic acids is 1. The van der Waals surface area contributed by atoms with Gasteiger partial charge in [0.15, 0.2) is 11.5 Å². The van der Waals surface area contributed by atoms with Crippen molar-refractivity contribution in [3.63, 3.8) is 0 Å². The van der Waals surface area contributed by atoms with Crippen molar-refractivity contribution in [3.8, 4) is 22.8 Å². The second-order valence-corrected chi connectivity index (χ2v) is 7.84. The molecular formula is C25H25N3O4. The molecule has 0 radical (unpaired) electrons. The van der Waals surface area contributed by atoms with E-state index in [0.717, 1.165) is 46.8 Å². The third kappa shape index (κ3) is 3.54. The first-order valence-electron chi connectivity index (χ1n) is 10.7. The van der Waals surface area contributed by atoms with E-state index in [4.69, 9.17) is 19.2 Å². The molecule has 1 saturated heterocycles. The number of benzene rings is 2. The summed E-state index contributed by atoms with van der Waals surface area (Å²) in [6.07, 6.45) is 2.05. The van der Waals surface area contributed by atoms with Gasteiger partial charge in [-0.25, -0.2) is 4.98 Å². The van der Waals surface area contributed by atoms with Crippen LogP contribution in [0.25, 0.3) is 33.1 Å². The Kier molecular flexibility index (Phi) is 5.41. The van der Waals surface area contributed by atoms with E-state index in [0.29, 0.717) is 29.4 Å². The fourth-order valence-corrected chi connectivity index (χ4v) is 4.33. The number of hydrogen-bond donors (Lipinski definition) is 2. The average Bonchev–Trinajstić information content (AvgIpc) is 3.49. The molecule has 1 fully saturated rings. The second-order valence-electron chi connectivity index (χ2n) is 7.84. The molecule has 1 atom stereocenters. The average molecular weight is 431 g/mol. The van der Waals surface area contributed by atoms with Crippen LogP contribution >= 0.6 is 0 Å². The van der Waals surface area contributed by atoms with Gasteiger partial charge in [0, 0.05) is 35.0 Å². The van der Waals surface area contributed by atoms with Crippen molar-refractivity contribution in [1.29, 1.82) is 0 Å². The van der Waals surface area contributed by atoms with Crippen LogP contribution in [-0.2, 0) is 4.74 Å². The summed E-state index contributed by atoms with van der Waals surface area (Å²) >= 11 is 0. The van der Waals surface area contributed by atoms with Crippen LogP contribution in [0.3, 0.4) is 0 Å². The van der Waals surface area contributed by atoms with Gasteiger partial charge in [0.2, 0.25) is 0 Å². The van der Waals surface area contributed by atoms with E-state index >= 15 is 0 Å². The number of methoxy groups -OCH3 is 2. The van der Waals surface area contributed by atoms with E-state index in [2.05, 4.69) is 10.3 Å². The summed E-state index contributed by atoms with van der Waals surface area (Å²) in [7, 11) is 3.20. The number of ether oxygens (including phenoxy) is 3. The largest absolute Gasteiger partial charge is 0.493 e. The fourth-order valence-electron chi connectivity index (χ4n) is 4.33. The number of amides is 1. The Morgan fingerprint density at radius 1 is 1.16 bits per heavy atom. The summed E-state index contributed by atoms with van der Waals surface area (Å²) in [6, 6.07) is 15.5. The second kappa shape index (κ2) is 8.51. The molecule has 7 heteroatoms. The van der Waals surface area contributed by atoms with Crippen LogP contribution in [0.4, 0.5) is 0 Å². The number of H-pyrrole nitrogens is 1. The Labute approximate surface area is 185 Å². The highest BCUT2D eigenvalue weighted by Crippen LogP contribution is 2.41. The zero-order chi connectivity index (χ0) is 22.1. The van der Waals surface area contributed by atoms with Gasteiger partial charge in [0.05, 0.1) is 31.5 Å². The molecule has 7 nitrogen and oxygen atoms in total. The van der Waals surface area contributed by atoms with Gasteiger partial charge < -0.3 is 24.5 Å². The third-order valence-electron chi connectivity index (χ3n) is 5.90. The van der Waals surface area contributed by atoms with Crippen molar-refractivity contribution in [2.24, 2.45) is 0 Å². The molecule has 2 aromatic heterocycles. The molecule has 0 saturated carbocycles. The first-order valence-corrected chi connectivity index (χ1v) is 10.7. The summed E-state index contributed by atoms with van der Waals surface area (Å²) in [4.78, 5) is 21.3. The number of aromatic amines is 1. The van der Waals surface area contributed by atoms with E-state index in [-0.39, 0.29) is 12.0 Å². The van der Waals surface area contributed by atoms with Gasteiger partial charge >= 0.3 is 0 Å². The van der Waals surface area contributed by atoms with Crippen molar-refractivity contribution in [3.05, 3.63) is 54.2 Å². The van der Waals surface area contributed by atoms with Crippen LogP contribution in [-0.4, -0.2) is 49.4 Å². The molecule has 1 amide bonds. The first kappa shape index (κ1) is 20.3. The van der Waals surface area contributed by atoms with E-state index in [9.17, 15) is 4.79 Å². The predicted octanol–water partition coefficient (Wildman–Crippen LogP) is 4.31. The highest BCUT2D eigenvalue weighted by molar-refractivity contribution is 6.13. The van der Waals surface area contributed by atoms with Crippen molar-refractivity contribution < 1.29 is 19.0 Å². The van der Waals surface area contributed by atoms with E-state index < -0.39 is 0 Å².